The first kappa shape index (κ1) is 19.5. The first-order valence-corrected chi connectivity index (χ1v) is 11.0. The Balaban J connectivity index is 1.58. The van der Waals surface area contributed by atoms with Gasteiger partial charge in [0.1, 0.15) is 11.4 Å². The van der Waals surface area contributed by atoms with Gasteiger partial charge < -0.3 is 4.90 Å². The Morgan fingerprint density at radius 1 is 1.21 bits per heavy atom. The highest BCUT2D eigenvalue weighted by Gasteiger charge is 2.17. The molecular formula is C22H21N3O2S2. The highest BCUT2D eigenvalue weighted by Crippen LogP contribution is 2.33. The predicted octanol–water partition coefficient (Wildman–Crippen LogP) is 4.46. The minimum absolute atomic E-state index is 0.0249. The maximum Gasteiger partial charge on any atom is 0.263 e. The summed E-state index contributed by atoms with van der Waals surface area (Å²) in [6, 6.07) is 10.2. The fraction of sp³-hybridized carbons (Fsp3) is 0.227. The van der Waals surface area contributed by atoms with E-state index in [2.05, 4.69) is 18.0 Å². The summed E-state index contributed by atoms with van der Waals surface area (Å²) in [5.41, 5.74) is 4.17. The van der Waals surface area contributed by atoms with Crippen molar-refractivity contribution in [3.8, 4) is 10.4 Å². The Morgan fingerprint density at radius 3 is 2.76 bits per heavy atom. The average molecular weight is 424 g/mol. The highest BCUT2D eigenvalue weighted by atomic mass is 32.1. The summed E-state index contributed by atoms with van der Waals surface area (Å²) in [6.07, 6.45) is 1.47. The third-order valence-corrected chi connectivity index (χ3v) is 6.77. The van der Waals surface area contributed by atoms with Gasteiger partial charge in [-0.15, -0.1) is 22.7 Å². The van der Waals surface area contributed by atoms with Crippen molar-refractivity contribution in [3.63, 3.8) is 0 Å². The molecule has 5 nitrogen and oxygen atoms in total. The predicted molar refractivity (Wildman–Crippen MR) is 120 cm³/mol. The van der Waals surface area contributed by atoms with Crippen molar-refractivity contribution in [2.24, 2.45) is 0 Å². The number of hydrogen-bond acceptors (Lipinski definition) is 5. The molecule has 0 unspecified atom stereocenters. The van der Waals surface area contributed by atoms with Crippen LogP contribution in [0.1, 0.15) is 16.7 Å². The van der Waals surface area contributed by atoms with Gasteiger partial charge in [-0.25, -0.2) is 4.98 Å². The van der Waals surface area contributed by atoms with Gasteiger partial charge in [-0.05, 0) is 36.4 Å². The lowest BCUT2D eigenvalue weighted by Gasteiger charge is -2.19. The lowest BCUT2D eigenvalue weighted by atomic mass is 10.1. The van der Waals surface area contributed by atoms with E-state index in [0.717, 1.165) is 21.6 Å². The fourth-order valence-corrected chi connectivity index (χ4v) is 5.05. The van der Waals surface area contributed by atoms with Gasteiger partial charge in [0.2, 0.25) is 5.91 Å². The van der Waals surface area contributed by atoms with Crippen LogP contribution in [0.3, 0.4) is 0 Å². The SMILES string of the molecule is Cc1ccc(CN(C)C(=O)Cn2cnc3scc(-c4cccs4)c3c2=O)c(C)c1. The molecule has 0 bridgehead atoms. The lowest BCUT2D eigenvalue weighted by Crippen LogP contribution is -2.33. The van der Waals surface area contributed by atoms with Crippen molar-refractivity contribution in [1.82, 2.24) is 14.5 Å². The molecule has 1 amide bonds. The molecule has 3 heterocycles. The second-order valence-corrected chi connectivity index (χ2v) is 8.97. The number of thiophene rings is 2. The van der Waals surface area contributed by atoms with E-state index >= 15 is 0 Å². The minimum atomic E-state index is -0.173. The van der Waals surface area contributed by atoms with Crippen molar-refractivity contribution in [2.75, 3.05) is 7.05 Å². The van der Waals surface area contributed by atoms with Gasteiger partial charge in [0.05, 0.1) is 11.7 Å². The lowest BCUT2D eigenvalue weighted by molar-refractivity contribution is -0.131. The monoisotopic (exact) mass is 423 g/mol. The van der Waals surface area contributed by atoms with Gasteiger partial charge >= 0.3 is 0 Å². The highest BCUT2D eigenvalue weighted by molar-refractivity contribution is 7.18. The summed E-state index contributed by atoms with van der Waals surface area (Å²) in [6.45, 7) is 4.58. The van der Waals surface area contributed by atoms with E-state index in [4.69, 9.17) is 0 Å². The number of aryl methyl sites for hydroxylation is 2. The molecule has 4 aromatic rings. The number of nitrogens with zero attached hydrogens (tertiary/aromatic N) is 3. The van der Waals surface area contributed by atoms with Gasteiger partial charge in [-0.1, -0.05) is 29.8 Å². The van der Waals surface area contributed by atoms with E-state index in [1.807, 2.05) is 41.9 Å². The zero-order valence-electron chi connectivity index (χ0n) is 16.5. The van der Waals surface area contributed by atoms with Crippen LogP contribution in [0.4, 0.5) is 0 Å². The van der Waals surface area contributed by atoms with Crippen molar-refractivity contribution in [1.29, 1.82) is 0 Å². The van der Waals surface area contributed by atoms with Gasteiger partial charge in [0.15, 0.2) is 0 Å². The zero-order chi connectivity index (χ0) is 20.5. The molecule has 0 saturated heterocycles. The summed E-state index contributed by atoms with van der Waals surface area (Å²) in [7, 11) is 1.76. The van der Waals surface area contributed by atoms with Crippen LogP contribution in [-0.4, -0.2) is 27.4 Å². The number of likely N-dealkylation sites (N-methyl/N-ethyl adjacent to an activating group) is 1. The number of benzene rings is 1. The quantitative estimate of drug-likeness (QED) is 0.476. The molecule has 4 rings (SSSR count). The van der Waals surface area contributed by atoms with Crippen molar-refractivity contribution in [2.45, 2.75) is 26.9 Å². The van der Waals surface area contributed by atoms with Crippen molar-refractivity contribution in [3.05, 3.63) is 74.5 Å². The van der Waals surface area contributed by atoms with Gasteiger partial charge in [-0.2, -0.15) is 0 Å². The Kier molecular flexibility index (Phi) is 5.34. The molecule has 0 spiro atoms. The molecule has 0 aliphatic rings. The Labute approximate surface area is 176 Å². The summed E-state index contributed by atoms with van der Waals surface area (Å²) >= 11 is 3.04. The van der Waals surface area contributed by atoms with E-state index < -0.39 is 0 Å². The van der Waals surface area contributed by atoms with Crippen LogP contribution in [0.25, 0.3) is 20.7 Å². The Bertz CT molecular complexity index is 1240. The smallest absolute Gasteiger partial charge is 0.263 e. The average Bonchev–Trinajstić information content (AvgIpc) is 3.35. The summed E-state index contributed by atoms with van der Waals surface area (Å²) in [5.74, 6) is -0.124. The first-order chi connectivity index (χ1) is 13.9. The molecule has 29 heavy (non-hydrogen) atoms. The van der Waals surface area contributed by atoms with E-state index in [-0.39, 0.29) is 18.0 Å². The molecule has 0 fully saturated rings. The molecule has 1 aromatic carbocycles. The first-order valence-electron chi connectivity index (χ1n) is 9.24. The van der Waals surface area contributed by atoms with Crippen LogP contribution in [0.5, 0.6) is 0 Å². The molecule has 3 aromatic heterocycles. The minimum Gasteiger partial charge on any atom is -0.340 e. The number of aromatic nitrogens is 2. The molecule has 0 atom stereocenters. The molecule has 0 saturated carbocycles. The van der Waals surface area contributed by atoms with E-state index in [9.17, 15) is 9.59 Å². The number of rotatable bonds is 5. The van der Waals surface area contributed by atoms with Crippen molar-refractivity contribution < 1.29 is 4.79 Å². The normalized spacial score (nSPS) is 11.1. The Hall–Kier alpha value is -2.77. The molecule has 0 N–H and O–H groups in total. The molecule has 148 valence electrons. The van der Waals surface area contributed by atoms with Gasteiger partial charge in [-0.3, -0.25) is 14.2 Å². The largest absolute Gasteiger partial charge is 0.340 e. The van der Waals surface area contributed by atoms with Crippen LogP contribution in [0, 0.1) is 13.8 Å². The Morgan fingerprint density at radius 2 is 2.03 bits per heavy atom. The third-order valence-electron chi connectivity index (χ3n) is 4.98. The topological polar surface area (TPSA) is 55.2 Å². The van der Waals surface area contributed by atoms with Gasteiger partial charge in [0.25, 0.3) is 5.56 Å². The van der Waals surface area contributed by atoms with E-state index in [0.29, 0.717) is 16.8 Å². The van der Waals surface area contributed by atoms with E-state index in [1.165, 1.54) is 27.8 Å². The maximum absolute atomic E-state index is 13.1. The second kappa shape index (κ2) is 7.93. The van der Waals surface area contributed by atoms with Crippen LogP contribution < -0.4 is 5.56 Å². The maximum atomic E-state index is 13.1. The van der Waals surface area contributed by atoms with Crippen molar-refractivity contribution >= 4 is 38.8 Å². The molecular weight excluding hydrogens is 402 g/mol. The molecule has 7 heteroatoms. The number of carbonyl (C=O) groups is 1. The number of fused-ring (bicyclic) bond motifs is 1. The second-order valence-electron chi connectivity index (χ2n) is 7.16. The molecule has 0 aliphatic heterocycles. The standard InChI is InChI=1S/C22H21N3O2S2/c1-14-6-7-16(15(2)9-14)10-24(3)19(26)11-25-13-23-21-20(22(25)27)17(12-29-21)18-5-4-8-28-18/h4-9,12-13H,10-11H2,1-3H3. The number of amides is 1. The van der Waals surface area contributed by atoms with Gasteiger partial charge in [0, 0.05) is 29.4 Å². The van der Waals surface area contributed by atoms with Crippen LogP contribution in [-0.2, 0) is 17.9 Å². The molecule has 0 radical (unpaired) electrons. The molecule has 0 aliphatic carbocycles. The fourth-order valence-electron chi connectivity index (χ4n) is 3.33. The van der Waals surface area contributed by atoms with Crippen LogP contribution in [0.2, 0.25) is 0 Å². The summed E-state index contributed by atoms with van der Waals surface area (Å²) in [5, 5.41) is 4.53. The van der Waals surface area contributed by atoms with Crippen LogP contribution in [0.15, 0.2) is 52.2 Å². The van der Waals surface area contributed by atoms with Crippen LogP contribution >= 0.6 is 22.7 Å². The number of carbonyl (C=O) groups excluding carboxylic acids is 1. The number of hydrogen-bond donors (Lipinski definition) is 0. The third kappa shape index (κ3) is 3.88. The summed E-state index contributed by atoms with van der Waals surface area (Å²) in [4.78, 5) is 33.7. The van der Waals surface area contributed by atoms with E-state index in [1.54, 1.807) is 23.3 Å². The summed E-state index contributed by atoms with van der Waals surface area (Å²) < 4.78 is 1.41. The zero-order valence-corrected chi connectivity index (χ0v) is 18.1.